The second-order valence-electron chi connectivity index (χ2n) is 4.57. The van der Waals surface area contributed by atoms with E-state index in [1.54, 1.807) is 0 Å². The van der Waals surface area contributed by atoms with Crippen molar-refractivity contribution in [2.75, 3.05) is 0 Å². The van der Waals surface area contributed by atoms with Crippen LogP contribution in [0.4, 0.5) is 0 Å². The molecule has 0 aromatic rings. The van der Waals surface area contributed by atoms with Crippen LogP contribution in [0.1, 0.15) is 39.5 Å². The third-order valence-corrected chi connectivity index (χ3v) is 2.55. The number of azo groups is 1. The Morgan fingerprint density at radius 2 is 1.68 bits per heavy atom. The van der Waals surface area contributed by atoms with E-state index in [4.69, 9.17) is 15.6 Å². The van der Waals surface area contributed by atoms with Gasteiger partial charge in [-0.15, -0.1) is 0 Å². The van der Waals surface area contributed by atoms with E-state index in [1.807, 2.05) is 12.1 Å². The van der Waals surface area contributed by atoms with Gasteiger partial charge in [-0.05, 0) is 26.7 Å². The molecule has 0 saturated heterocycles. The number of aliphatic carboxylic acids is 1. The van der Waals surface area contributed by atoms with Crippen LogP contribution in [0.5, 0.6) is 0 Å². The third kappa shape index (κ3) is 6.27. The van der Waals surface area contributed by atoms with Crippen molar-refractivity contribution in [3.05, 3.63) is 0 Å². The maximum absolute atomic E-state index is 10.5. The summed E-state index contributed by atoms with van der Waals surface area (Å²) in [5.74, 6) is -1.03. The van der Waals surface area contributed by atoms with Crippen molar-refractivity contribution in [3.63, 3.8) is 0 Å². The summed E-state index contributed by atoms with van der Waals surface area (Å²) >= 11 is 0. The van der Waals surface area contributed by atoms with Crippen LogP contribution in [0.3, 0.4) is 0 Å². The Balaban J connectivity index is 4.88. The summed E-state index contributed by atoms with van der Waals surface area (Å²) in [6.07, 6.45) is 0.857. The predicted molar refractivity (Wildman–Crippen MR) is 65.1 cm³/mol. The number of carboxylic acid groups (broad SMARTS) is 1. The topological polar surface area (TPSA) is 127 Å². The Kier molecular flexibility index (Phi) is 6.35. The first-order valence-electron chi connectivity index (χ1n) is 5.73. The van der Waals surface area contributed by atoms with E-state index in [2.05, 4.69) is 10.2 Å². The fourth-order valence-corrected chi connectivity index (χ4v) is 1.17. The van der Waals surface area contributed by atoms with Gasteiger partial charge in [-0.3, -0.25) is 4.79 Å². The predicted octanol–water partition coefficient (Wildman–Crippen LogP) is 1.85. The Hall–Kier alpha value is -2.28. The monoisotopic (exact) mass is 264 g/mol. The Bertz CT molecular complexity index is 449. The molecule has 2 unspecified atom stereocenters. The molecule has 1 N–H and O–H groups in total. The average Bonchev–Trinajstić information content (AvgIpc) is 2.40. The van der Waals surface area contributed by atoms with Crippen molar-refractivity contribution in [1.29, 1.82) is 10.5 Å². The van der Waals surface area contributed by atoms with Gasteiger partial charge < -0.3 is 9.90 Å². The molecule has 0 heterocycles. The lowest BCUT2D eigenvalue weighted by atomic mass is 9.98. The minimum atomic E-state index is -1.28. The molecule has 0 radical (unpaired) electrons. The molecule has 102 valence electrons. The molecule has 19 heavy (non-hydrogen) atoms. The zero-order valence-corrected chi connectivity index (χ0v) is 11.0. The second kappa shape index (κ2) is 7.22. The Morgan fingerprint density at radius 3 is 2.05 bits per heavy atom. The summed E-state index contributed by atoms with van der Waals surface area (Å²) in [5, 5.41) is 34.2. The summed E-state index contributed by atoms with van der Waals surface area (Å²) in [5.41, 5.74) is -2.46. The largest absolute Gasteiger partial charge is 0.481 e. The van der Waals surface area contributed by atoms with Crippen LogP contribution >= 0.6 is 0 Å². The number of hydrogen-bond acceptors (Lipinski definition) is 6. The first-order valence-corrected chi connectivity index (χ1v) is 5.73. The summed E-state index contributed by atoms with van der Waals surface area (Å²) in [6, 6.07) is 3.81. The van der Waals surface area contributed by atoms with Crippen molar-refractivity contribution in [2.24, 2.45) is 10.2 Å². The van der Waals surface area contributed by atoms with E-state index >= 15 is 0 Å². The van der Waals surface area contributed by atoms with Crippen LogP contribution in [0, 0.1) is 22.7 Å². The highest BCUT2D eigenvalue weighted by Crippen LogP contribution is 2.22. The van der Waals surface area contributed by atoms with Gasteiger partial charge in [0.1, 0.15) is 6.29 Å². The molecule has 0 spiro atoms. The van der Waals surface area contributed by atoms with Gasteiger partial charge in [-0.25, -0.2) is 0 Å². The standard InChI is InChI=1S/C12H16N4O3/c1-11(8-13,5-3-7-17)15-16-12(2,9-14)6-4-10(18)19/h7H,3-6H2,1-2H3,(H,18,19)/b16-15-. The lowest BCUT2D eigenvalue weighted by Crippen LogP contribution is -2.24. The highest BCUT2D eigenvalue weighted by Gasteiger charge is 2.28. The minimum Gasteiger partial charge on any atom is -0.481 e. The smallest absolute Gasteiger partial charge is 0.303 e. The van der Waals surface area contributed by atoms with Gasteiger partial charge in [0.25, 0.3) is 0 Å². The molecule has 7 heteroatoms. The number of hydrogen-bond donors (Lipinski definition) is 1. The summed E-state index contributed by atoms with van der Waals surface area (Å²) in [4.78, 5) is 20.8. The molecule has 0 amide bonds. The number of carboxylic acids is 1. The molecule has 0 aliphatic heterocycles. The number of nitrogens with zero attached hydrogens (tertiary/aromatic N) is 4. The Morgan fingerprint density at radius 1 is 1.21 bits per heavy atom. The third-order valence-electron chi connectivity index (χ3n) is 2.55. The highest BCUT2D eigenvalue weighted by molar-refractivity contribution is 5.66. The zero-order valence-electron chi connectivity index (χ0n) is 11.0. The van der Waals surface area contributed by atoms with Gasteiger partial charge in [0.15, 0.2) is 11.1 Å². The van der Waals surface area contributed by atoms with Crippen LogP contribution in [-0.4, -0.2) is 28.4 Å². The van der Waals surface area contributed by atoms with Gasteiger partial charge in [0.05, 0.1) is 12.1 Å². The van der Waals surface area contributed by atoms with Crippen LogP contribution in [0.15, 0.2) is 10.2 Å². The van der Waals surface area contributed by atoms with Gasteiger partial charge in [0.2, 0.25) is 0 Å². The SMILES string of the molecule is CC(C#N)(CCC=O)/N=N\C(C)(C#N)CCC(=O)O. The fourth-order valence-electron chi connectivity index (χ4n) is 1.17. The molecular weight excluding hydrogens is 248 g/mol. The normalized spacial score (nSPS) is 16.8. The van der Waals surface area contributed by atoms with E-state index < -0.39 is 17.0 Å². The molecule has 0 aromatic heterocycles. The number of rotatable bonds is 8. The summed E-state index contributed by atoms with van der Waals surface area (Å²) in [7, 11) is 0. The summed E-state index contributed by atoms with van der Waals surface area (Å²) < 4.78 is 0. The molecule has 0 bridgehead atoms. The minimum absolute atomic E-state index is 0.0114. The van der Waals surface area contributed by atoms with Crippen molar-refractivity contribution < 1.29 is 14.7 Å². The molecule has 2 atom stereocenters. The van der Waals surface area contributed by atoms with E-state index in [9.17, 15) is 9.59 Å². The Labute approximate surface area is 111 Å². The van der Waals surface area contributed by atoms with Gasteiger partial charge in [-0.2, -0.15) is 20.8 Å². The quantitative estimate of drug-likeness (QED) is 0.528. The summed E-state index contributed by atoms with van der Waals surface area (Å²) in [6.45, 7) is 2.96. The van der Waals surface area contributed by atoms with E-state index in [0.29, 0.717) is 6.29 Å². The highest BCUT2D eigenvalue weighted by atomic mass is 16.4. The number of carbonyl (C=O) groups excluding carboxylic acids is 1. The van der Waals surface area contributed by atoms with Crippen molar-refractivity contribution in [1.82, 2.24) is 0 Å². The van der Waals surface area contributed by atoms with Gasteiger partial charge in [0, 0.05) is 12.8 Å². The molecular formula is C12H16N4O3. The number of aldehydes is 1. The van der Waals surface area contributed by atoms with E-state index in [-0.39, 0.29) is 25.7 Å². The molecule has 0 aliphatic carbocycles. The average molecular weight is 264 g/mol. The lowest BCUT2D eigenvalue weighted by Gasteiger charge is -2.18. The first kappa shape index (κ1) is 16.7. The van der Waals surface area contributed by atoms with Crippen LogP contribution in [0.2, 0.25) is 0 Å². The van der Waals surface area contributed by atoms with Crippen molar-refractivity contribution in [2.45, 2.75) is 50.6 Å². The second-order valence-corrected chi connectivity index (χ2v) is 4.57. The van der Waals surface area contributed by atoms with Crippen LogP contribution in [-0.2, 0) is 9.59 Å². The van der Waals surface area contributed by atoms with E-state index in [1.165, 1.54) is 13.8 Å². The maximum Gasteiger partial charge on any atom is 0.303 e. The number of carbonyl (C=O) groups is 2. The maximum atomic E-state index is 10.5. The number of nitriles is 2. The molecule has 0 aliphatic rings. The fraction of sp³-hybridized carbons (Fsp3) is 0.667. The van der Waals surface area contributed by atoms with E-state index in [0.717, 1.165) is 0 Å². The van der Waals surface area contributed by atoms with Crippen LogP contribution < -0.4 is 0 Å². The molecule has 7 nitrogen and oxygen atoms in total. The molecule has 0 fully saturated rings. The molecule has 0 saturated carbocycles. The van der Waals surface area contributed by atoms with Crippen molar-refractivity contribution in [3.8, 4) is 12.1 Å². The zero-order chi connectivity index (χ0) is 14.9. The van der Waals surface area contributed by atoms with Crippen LogP contribution in [0.25, 0.3) is 0 Å². The lowest BCUT2D eigenvalue weighted by molar-refractivity contribution is -0.137. The van der Waals surface area contributed by atoms with Crippen molar-refractivity contribution >= 4 is 12.3 Å². The van der Waals surface area contributed by atoms with Gasteiger partial charge >= 0.3 is 5.97 Å². The molecule has 0 aromatic carbocycles. The molecule has 0 rings (SSSR count). The first-order chi connectivity index (χ1) is 8.81. The van der Waals surface area contributed by atoms with Gasteiger partial charge in [-0.1, -0.05) is 0 Å².